The number of aromatic amines is 1. The number of hydrogen-bond acceptors (Lipinski definition) is 8. The lowest BCUT2D eigenvalue weighted by molar-refractivity contribution is -0.138. The molecule has 1 aromatic carbocycles. The number of alkyl halides is 3. The van der Waals surface area contributed by atoms with Crippen molar-refractivity contribution in [2.45, 2.75) is 6.18 Å². The number of rotatable bonds is 5. The molecule has 10 nitrogen and oxygen atoms in total. The van der Waals surface area contributed by atoms with Crippen LogP contribution in [0.5, 0.6) is 0 Å². The van der Waals surface area contributed by atoms with E-state index in [9.17, 15) is 22.8 Å². The molecule has 212 valence electrons. The van der Waals surface area contributed by atoms with Crippen molar-refractivity contribution in [2.75, 3.05) is 74.6 Å². The number of pyridine rings is 1. The number of nitrogens with one attached hydrogen (secondary N) is 2. The van der Waals surface area contributed by atoms with Crippen molar-refractivity contribution in [3.05, 3.63) is 64.1 Å². The SMILES string of the molecule is CN1CCN(c2c(F)cc(-c3cnc(N4CCOCC4)nc3)cc2NC(=O)c2c[nH]c(=O)cc2C(F)(F)F)CC1. The number of halogens is 4. The van der Waals surface area contributed by atoms with E-state index < -0.39 is 34.6 Å². The van der Waals surface area contributed by atoms with Gasteiger partial charge in [0.15, 0.2) is 0 Å². The van der Waals surface area contributed by atoms with E-state index >= 15 is 4.39 Å². The molecule has 2 aliphatic rings. The van der Waals surface area contributed by atoms with Crippen molar-refractivity contribution in [1.82, 2.24) is 19.9 Å². The van der Waals surface area contributed by atoms with Crippen LogP contribution in [-0.4, -0.2) is 85.3 Å². The third kappa shape index (κ3) is 5.92. The van der Waals surface area contributed by atoms with E-state index in [4.69, 9.17) is 4.74 Å². The Morgan fingerprint density at radius 3 is 2.30 bits per heavy atom. The summed E-state index contributed by atoms with van der Waals surface area (Å²) in [4.78, 5) is 41.3. The molecule has 4 heterocycles. The fraction of sp³-hybridized carbons (Fsp3) is 0.385. The molecule has 0 bridgehead atoms. The Bertz CT molecular complexity index is 1430. The summed E-state index contributed by atoms with van der Waals surface area (Å²) in [6, 6.07) is 3.10. The Morgan fingerprint density at radius 1 is 0.975 bits per heavy atom. The average Bonchev–Trinajstić information content (AvgIpc) is 2.93. The first-order valence-corrected chi connectivity index (χ1v) is 12.6. The van der Waals surface area contributed by atoms with Gasteiger partial charge in [-0.2, -0.15) is 13.2 Å². The van der Waals surface area contributed by atoms with Gasteiger partial charge in [0, 0.05) is 69.5 Å². The van der Waals surface area contributed by atoms with Crippen molar-refractivity contribution in [3.63, 3.8) is 0 Å². The Kier molecular flexibility index (Phi) is 7.72. The number of ether oxygens (including phenoxy) is 1. The summed E-state index contributed by atoms with van der Waals surface area (Å²) in [6.07, 6.45) is -1.20. The van der Waals surface area contributed by atoms with Gasteiger partial charge in [0.25, 0.3) is 5.91 Å². The number of anilines is 3. The van der Waals surface area contributed by atoms with Gasteiger partial charge in [0.1, 0.15) is 5.82 Å². The van der Waals surface area contributed by atoms with E-state index in [-0.39, 0.29) is 11.4 Å². The molecule has 1 amide bonds. The number of carbonyl (C=O) groups is 1. The topological polar surface area (TPSA) is 107 Å². The number of aromatic nitrogens is 3. The Hall–Kier alpha value is -4.04. The number of morpholine rings is 1. The van der Waals surface area contributed by atoms with Crippen LogP contribution in [0.2, 0.25) is 0 Å². The number of hydrogen-bond donors (Lipinski definition) is 2. The van der Waals surface area contributed by atoms with Crippen LogP contribution in [-0.2, 0) is 10.9 Å². The molecule has 0 saturated carbocycles. The maximum Gasteiger partial charge on any atom is 0.417 e. The van der Waals surface area contributed by atoms with Crippen LogP contribution in [0.4, 0.5) is 34.9 Å². The number of amides is 1. The molecular formula is C26H27F4N7O3. The molecule has 40 heavy (non-hydrogen) atoms. The highest BCUT2D eigenvalue weighted by molar-refractivity contribution is 6.07. The fourth-order valence-electron chi connectivity index (χ4n) is 4.69. The number of likely N-dealkylation sites (N-methyl/N-ethyl adjacent to an activating group) is 1. The maximum atomic E-state index is 15.7. The summed E-state index contributed by atoms with van der Waals surface area (Å²) in [5.74, 6) is -1.31. The van der Waals surface area contributed by atoms with Gasteiger partial charge in [0.05, 0.1) is 35.7 Å². The van der Waals surface area contributed by atoms with E-state index in [2.05, 4.69) is 25.2 Å². The van der Waals surface area contributed by atoms with E-state index in [1.54, 1.807) is 4.90 Å². The van der Waals surface area contributed by atoms with Gasteiger partial charge in [-0.25, -0.2) is 14.4 Å². The summed E-state index contributed by atoms with van der Waals surface area (Å²) in [6.45, 7) is 4.52. The lowest BCUT2D eigenvalue weighted by atomic mass is 10.0. The first-order valence-electron chi connectivity index (χ1n) is 12.6. The molecule has 0 aliphatic carbocycles. The molecule has 2 aliphatic heterocycles. The molecule has 0 unspecified atom stereocenters. The predicted octanol–water partition coefficient (Wildman–Crippen LogP) is 2.83. The van der Waals surface area contributed by atoms with E-state index in [1.807, 2.05) is 11.9 Å². The number of nitrogens with zero attached hydrogens (tertiary/aromatic N) is 5. The largest absolute Gasteiger partial charge is 0.417 e. The summed E-state index contributed by atoms with van der Waals surface area (Å²) < 4.78 is 61.9. The number of H-pyrrole nitrogens is 1. The van der Waals surface area contributed by atoms with Crippen molar-refractivity contribution < 1.29 is 27.1 Å². The maximum absolute atomic E-state index is 15.7. The smallest absolute Gasteiger partial charge is 0.378 e. The minimum absolute atomic E-state index is 0.0128. The normalized spacial score (nSPS) is 16.7. The predicted molar refractivity (Wildman–Crippen MR) is 140 cm³/mol. The van der Waals surface area contributed by atoms with Crippen LogP contribution in [0.15, 0.2) is 41.6 Å². The van der Waals surface area contributed by atoms with Gasteiger partial charge >= 0.3 is 6.18 Å². The van der Waals surface area contributed by atoms with Crippen LogP contribution in [0.3, 0.4) is 0 Å². The van der Waals surface area contributed by atoms with Crippen LogP contribution < -0.4 is 20.7 Å². The molecule has 2 N–H and O–H groups in total. The highest BCUT2D eigenvalue weighted by Gasteiger charge is 2.36. The van der Waals surface area contributed by atoms with Crippen LogP contribution >= 0.6 is 0 Å². The van der Waals surface area contributed by atoms with Crippen LogP contribution in [0.1, 0.15) is 15.9 Å². The molecule has 2 saturated heterocycles. The van der Waals surface area contributed by atoms with Gasteiger partial charge in [-0.15, -0.1) is 0 Å². The number of benzene rings is 1. The second-order valence-electron chi connectivity index (χ2n) is 9.59. The molecule has 0 radical (unpaired) electrons. The summed E-state index contributed by atoms with van der Waals surface area (Å²) in [7, 11) is 1.93. The highest BCUT2D eigenvalue weighted by Crippen LogP contribution is 2.37. The van der Waals surface area contributed by atoms with Crippen LogP contribution in [0, 0.1) is 5.82 Å². The summed E-state index contributed by atoms with van der Waals surface area (Å²) in [5.41, 5.74) is -2.35. The molecule has 14 heteroatoms. The monoisotopic (exact) mass is 561 g/mol. The number of carbonyl (C=O) groups excluding carboxylic acids is 1. The zero-order chi connectivity index (χ0) is 28.4. The molecule has 0 atom stereocenters. The minimum Gasteiger partial charge on any atom is -0.378 e. The first kappa shape index (κ1) is 27.5. The lowest BCUT2D eigenvalue weighted by Crippen LogP contribution is -2.45. The average molecular weight is 562 g/mol. The van der Waals surface area contributed by atoms with Crippen LogP contribution in [0.25, 0.3) is 11.1 Å². The molecule has 2 aromatic heterocycles. The molecule has 3 aromatic rings. The Morgan fingerprint density at radius 2 is 1.65 bits per heavy atom. The number of piperazine rings is 1. The fourth-order valence-corrected chi connectivity index (χ4v) is 4.69. The standard InChI is InChI=1S/C26H27F4N7O3/c1-35-2-4-36(5-3-35)23-20(27)10-16(17-13-32-25(33-14-17)37-6-8-40-9-7-37)11-21(23)34-24(39)18-15-31-22(38)12-19(18)26(28,29)30/h10-15H,2-9H2,1H3,(H,31,38)(H,34,39). The van der Waals surface area contributed by atoms with Crippen molar-refractivity contribution in [1.29, 1.82) is 0 Å². The third-order valence-electron chi connectivity index (χ3n) is 6.87. The van der Waals surface area contributed by atoms with E-state index in [1.165, 1.54) is 24.5 Å². The van der Waals surface area contributed by atoms with E-state index in [0.29, 0.717) is 81.8 Å². The zero-order valence-corrected chi connectivity index (χ0v) is 21.6. The van der Waals surface area contributed by atoms with Gasteiger partial charge in [-0.1, -0.05) is 0 Å². The van der Waals surface area contributed by atoms with Crippen molar-refractivity contribution >= 4 is 23.2 Å². The summed E-state index contributed by atoms with van der Waals surface area (Å²) >= 11 is 0. The second kappa shape index (κ2) is 11.2. The summed E-state index contributed by atoms with van der Waals surface area (Å²) in [5, 5.41) is 2.46. The van der Waals surface area contributed by atoms with Gasteiger partial charge in [-0.05, 0) is 24.7 Å². The zero-order valence-electron chi connectivity index (χ0n) is 21.6. The molecule has 5 rings (SSSR count). The quantitative estimate of drug-likeness (QED) is 0.459. The van der Waals surface area contributed by atoms with Gasteiger partial charge < -0.3 is 29.7 Å². The molecular weight excluding hydrogens is 534 g/mol. The Labute approximate surface area is 226 Å². The highest BCUT2D eigenvalue weighted by atomic mass is 19.4. The van der Waals surface area contributed by atoms with E-state index in [0.717, 1.165) is 0 Å². The third-order valence-corrected chi connectivity index (χ3v) is 6.87. The molecule has 2 fully saturated rings. The Balaban J connectivity index is 1.52. The van der Waals surface area contributed by atoms with Gasteiger partial charge in [0.2, 0.25) is 11.5 Å². The molecule has 0 spiro atoms. The minimum atomic E-state index is -4.95. The van der Waals surface area contributed by atoms with Gasteiger partial charge in [-0.3, -0.25) is 9.59 Å². The first-order chi connectivity index (χ1) is 19.1. The lowest BCUT2D eigenvalue weighted by Gasteiger charge is -2.35. The second-order valence-corrected chi connectivity index (χ2v) is 9.59. The van der Waals surface area contributed by atoms with Crippen molar-refractivity contribution in [3.8, 4) is 11.1 Å². The van der Waals surface area contributed by atoms with Crippen molar-refractivity contribution in [2.24, 2.45) is 0 Å².